The second-order valence-electron chi connectivity index (χ2n) is 6.72. The fraction of sp³-hybridized carbons (Fsp3) is 0.250. The third kappa shape index (κ3) is 3.72. The standard InChI is InChI=1S/C20H17F2N3O2/c21-14-3-1-2-13(8-14)10-25(16-5-6-16)19(26)11-24-12-23-18-7-4-15(22)9-17(18)20(24)27/h1-4,7-9,12,16H,5-6,10-11H2. The van der Waals surface area contributed by atoms with Crippen molar-refractivity contribution in [3.8, 4) is 0 Å². The first-order valence-electron chi connectivity index (χ1n) is 8.70. The molecule has 1 aromatic heterocycles. The second-order valence-corrected chi connectivity index (χ2v) is 6.72. The molecule has 0 unspecified atom stereocenters. The molecule has 7 heteroatoms. The van der Waals surface area contributed by atoms with Gasteiger partial charge < -0.3 is 4.90 Å². The van der Waals surface area contributed by atoms with Crippen molar-refractivity contribution in [2.24, 2.45) is 0 Å². The molecule has 4 rings (SSSR count). The number of hydrogen-bond acceptors (Lipinski definition) is 3. The molecule has 0 bridgehead atoms. The first-order valence-corrected chi connectivity index (χ1v) is 8.70. The summed E-state index contributed by atoms with van der Waals surface area (Å²) in [5.74, 6) is -1.13. The summed E-state index contributed by atoms with van der Waals surface area (Å²) < 4.78 is 28.1. The predicted octanol–water partition coefficient (Wildman–Crippen LogP) is 2.87. The van der Waals surface area contributed by atoms with E-state index in [4.69, 9.17) is 0 Å². The maximum absolute atomic E-state index is 13.4. The monoisotopic (exact) mass is 369 g/mol. The molecule has 0 aliphatic heterocycles. The molecular formula is C20H17F2N3O2. The molecule has 1 amide bonds. The zero-order valence-corrected chi connectivity index (χ0v) is 14.4. The molecule has 1 fully saturated rings. The summed E-state index contributed by atoms with van der Waals surface area (Å²) >= 11 is 0. The molecule has 1 aliphatic rings. The number of rotatable bonds is 5. The van der Waals surface area contributed by atoms with Crippen molar-refractivity contribution < 1.29 is 13.6 Å². The zero-order valence-electron chi connectivity index (χ0n) is 14.4. The summed E-state index contributed by atoms with van der Waals surface area (Å²) in [6.07, 6.45) is 3.07. The van der Waals surface area contributed by atoms with Crippen LogP contribution in [0.15, 0.2) is 53.6 Å². The van der Waals surface area contributed by atoms with Gasteiger partial charge in [-0.3, -0.25) is 14.2 Å². The SMILES string of the molecule is O=C(Cn1cnc2ccc(F)cc2c1=O)N(Cc1cccc(F)c1)C1CC1. The Morgan fingerprint density at radius 1 is 1.15 bits per heavy atom. The molecule has 0 N–H and O–H groups in total. The lowest BCUT2D eigenvalue weighted by molar-refractivity contribution is -0.133. The molecule has 1 aliphatic carbocycles. The molecular weight excluding hydrogens is 352 g/mol. The van der Waals surface area contributed by atoms with Gasteiger partial charge in [0.05, 0.1) is 17.2 Å². The van der Waals surface area contributed by atoms with Crippen molar-refractivity contribution in [2.75, 3.05) is 0 Å². The van der Waals surface area contributed by atoms with Crippen LogP contribution in [0.2, 0.25) is 0 Å². The van der Waals surface area contributed by atoms with Crippen LogP contribution in [-0.2, 0) is 17.9 Å². The van der Waals surface area contributed by atoms with E-state index in [0.29, 0.717) is 11.1 Å². The second kappa shape index (κ2) is 6.90. The van der Waals surface area contributed by atoms with E-state index in [2.05, 4.69) is 4.98 Å². The van der Waals surface area contributed by atoms with E-state index in [9.17, 15) is 18.4 Å². The van der Waals surface area contributed by atoms with Crippen LogP contribution in [0.3, 0.4) is 0 Å². The van der Waals surface area contributed by atoms with E-state index in [1.165, 1.54) is 35.2 Å². The van der Waals surface area contributed by atoms with Gasteiger partial charge in [0.25, 0.3) is 5.56 Å². The number of carbonyl (C=O) groups excluding carboxylic acids is 1. The minimum absolute atomic E-state index is 0.0994. The van der Waals surface area contributed by atoms with Crippen molar-refractivity contribution in [3.05, 3.63) is 76.3 Å². The van der Waals surface area contributed by atoms with E-state index < -0.39 is 11.4 Å². The van der Waals surface area contributed by atoms with Gasteiger partial charge in [0.2, 0.25) is 5.91 Å². The number of nitrogens with zero attached hydrogens (tertiary/aromatic N) is 3. The maximum Gasteiger partial charge on any atom is 0.261 e. The lowest BCUT2D eigenvalue weighted by atomic mass is 10.2. The Hall–Kier alpha value is -3.09. The molecule has 5 nitrogen and oxygen atoms in total. The van der Waals surface area contributed by atoms with Gasteiger partial charge in [-0.25, -0.2) is 13.8 Å². The molecule has 0 saturated heterocycles. The zero-order chi connectivity index (χ0) is 19.0. The Balaban J connectivity index is 1.59. The minimum Gasteiger partial charge on any atom is -0.334 e. The van der Waals surface area contributed by atoms with Gasteiger partial charge in [-0.1, -0.05) is 12.1 Å². The van der Waals surface area contributed by atoms with Crippen LogP contribution in [0.25, 0.3) is 10.9 Å². The van der Waals surface area contributed by atoms with Gasteiger partial charge in [0.1, 0.15) is 18.2 Å². The van der Waals surface area contributed by atoms with Crippen molar-refractivity contribution >= 4 is 16.8 Å². The summed E-state index contributed by atoms with van der Waals surface area (Å²) in [5.41, 5.74) is 0.611. The van der Waals surface area contributed by atoms with Crippen LogP contribution in [-0.4, -0.2) is 26.4 Å². The van der Waals surface area contributed by atoms with Crippen molar-refractivity contribution in [1.82, 2.24) is 14.5 Å². The normalized spacial score (nSPS) is 13.7. The Bertz CT molecular complexity index is 1080. The molecule has 27 heavy (non-hydrogen) atoms. The summed E-state index contributed by atoms with van der Waals surface area (Å²) in [6, 6.07) is 10.0. The van der Waals surface area contributed by atoms with E-state index >= 15 is 0 Å². The first kappa shape index (κ1) is 17.3. The van der Waals surface area contributed by atoms with E-state index in [1.54, 1.807) is 17.0 Å². The summed E-state index contributed by atoms with van der Waals surface area (Å²) in [7, 11) is 0. The number of fused-ring (bicyclic) bond motifs is 1. The fourth-order valence-corrected chi connectivity index (χ4v) is 3.12. The number of halogens is 2. The van der Waals surface area contributed by atoms with Crippen LogP contribution in [0.4, 0.5) is 8.78 Å². The third-order valence-electron chi connectivity index (χ3n) is 4.64. The smallest absolute Gasteiger partial charge is 0.261 e. The van der Waals surface area contributed by atoms with Crippen LogP contribution in [0.5, 0.6) is 0 Å². The number of hydrogen-bond donors (Lipinski definition) is 0. The highest BCUT2D eigenvalue weighted by molar-refractivity contribution is 5.79. The number of benzene rings is 2. The fourth-order valence-electron chi connectivity index (χ4n) is 3.12. The highest BCUT2D eigenvalue weighted by Gasteiger charge is 2.32. The van der Waals surface area contributed by atoms with Crippen LogP contribution < -0.4 is 5.56 Å². The molecule has 0 radical (unpaired) electrons. The van der Waals surface area contributed by atoms with Crippen molar-refractivity contribution in [3.63, 3.8) is 0 Å². The van der Waals surface area contributed by atoms with Gasteiger partial charge in [-0.15, -0.1) is 0 Å². The third-order valence-corrected chi connectivity index (χ3v) is 4.64. The maximum atomic E-state index is 13.4. The molecule has 0 atom stereocenters. The lowest BCUT2D eigenvalue weighted by Crippen LogP contribution is -2.37. The Labute approximate surface area is 153 Å². The molecule has 1 saturated carbocycles. The van der Waals surface area contributed by atoms with Gasteiger partial charge in [-0.05, 0) is 48.7 Å². The van der Waals surface area contributed by atoms with Crippen LogP contribution >= 0.6 is 0 Å². The predicted molar refractivity (Wildman–Crippen MR) is 95.9 cm³/mol. The summed E-state index contributed by atoms with van der Waals surface area (Å²) in [4.78, 5) is 31.2. The van der Waals surface area contributed by atoms with E-state index in [1.807, 2.05) is 0 Å². The van der Waals surface area contributed by atoms with Gasteiger partial charge in [-0.2, -0.15) is 0 Å². The van der Waals surface area contributed by atoms with E-state index in [0.717, 1.165) is 18.9 Å². The Kier molecular flexibility index (Phi) is 4.43. The quantitative estimate of drug-likeness (QED) is 0.695. The minimum atomic E-state index is -0.531. The van der Waals surface area contributed by atoms with Crippen LogP contribution in [0, 0.1) is 11.6 Å². The number of carbonyl (C=O) groups is 1. The average Bonchev–Trinajstić information content (AvgIpc) is 3.47. The summed E-state index contributed by atoms with van der Waals surface area (Å²) in [5, 5.41) is 0.133. The molecule has 2 aromatic carbocycles. The van der Waals surface area contributed by atoms with Crippen LogP contribution in [0.1, 0.15) is 18.4 Å². The molecule has 0 spiro atoms. The molecule has 138 valence electrons. The molecule has 3 aromatic rings. The lowest BCUT2D eigenvalue weighted by Gasteiger charge is -2.23. The Morgan fingerprint density at radius 2 is 1.93 bits per heavy atom. The number of aromatic nitrogens is 2. The van der Waals surface area contributed by atoms with Gasteiger partial charge in [0, 0.05) is 12.6 Å². The van der Waals surface area contributed by atoms with E-state index in [-0.39, 0.29) is 36.2 Å². The number of amides is 1. The topological polar surface area (TPSA) is 55.2 Å². The van der Waals surface area contributed by atoms with Gasteiger partial charge in [0.15, 0.2) is 0 Å². The average molecular weight is 369 g/mol. The Morgan fingerprint density at radius 3 is 2.67 bits per heavy atom. The molecule has 1 heterocycles. The first-order chi connectivity index (χ1) is 13.0. The highest BCUT2D eigenvalue weighted by Crippen LogP contribution is 2.28. The summed E-state index contributed by atoms with van der Waals surface area (Å²) in [6.45, 7) is 0.0930. The largest absolute Gasteiger partial charge is 0.334 e. The highest BCUT2D eigenvalue weighted by atomic mass is 19.1. The van der Waals surface area contributed by atoms with Gasteiger partial charge >= 0.3 is 0 Å². The van der Waals surface area contributed by atoms with Crippen molar-refractivity contribution in [1.29, 1.82) is 0 Å². The van der Waals surface area contributed by atoms with Crippen molar-refractivity contribution in [2.45, 2.75) is 32.0 Å².